The number of rotatable bonds is 6. The third kappa shape index (κ3) is 6.97. The Balaban J connectivity index is 3.37. The van der Waals surface area contributed by atoms with Gasteiger partial charge < -0.3 is 0 Å². The predicted octanol–water partition coefficient (Wildman–Crippen LogP) is -0.435. The van der Waals surface area contributed by atoms with E-state index in [9.17, 15) is 9.59 Å². The molecule has 60 valence electrons. The molecular formula is C7H12BNO2. The van der Waals surface area contributed by atoms with Crippen LogP contribution in [0, 0.1) is 0 Å². The molecule has 0 aliphatic rings. The van der Waals surface area contributed by atoms with Gasteiger partial charge in [-0.3, -0.25) is 0 Å². The first-order valence-corrected chi connectivity index (χ1v) is 3.52. The van der Waals surface area contributed by atoms with Crippen molar-refractivity contribution in [2.24, 2.45) is 0 Å². The molecule has 11 heavy (non-hydrogen) atoms. The molecule has 0 fully saturated rings. The fraction of sp³-hybridized carbons (Fsp3) is 0.571. The van der Waals surface area contributed by atoms with E-state index >= 15 is 0 Å². The predicted molar refractivity (Wildman–Crippen MR) is 45.8 cm³/mol. The molecule has 0 aromatic rings. The van der Waals surface area contributed by atoms with Gasteiger partial charge in [0, 0.05) is 0 Å². The molecule has 0 amide bonds. The van der Waals surface area contributed by atoms with Crippen molar-refractivity contribution >= 4 is 25.1 Å². The van der Waals surface area contributed by atoms with Crippen LogP contribution in [0.2, 0.25) is 0 Å². The summed E-state index contributed by atoms with van der Waals surface area (Å²) in [4.78, 5) is 21.3. The van der Waals surface area contributed by atoms with E-state index in [4.69, 9.17) is 0 Å². The van der Waals surface area contributed by atoms with Gasteiger partial charge >= 0.3 is 66.2 Å². The van der Waals surface area contributed by atoms with E-state index < -0.39 is 0 Å². The van der Waals surface area contributed by atoms with Gasteiger partial charge in [-0.15, -0.1) is 0 Å². The maximum absolute atomic E-state index is 10.8. The Morgan fingerprint density at radius 1 is 1.45 bits per heavy atom. The first-order chi connectivity index (χ1) is 5.16. The van der Waals surface area contributed by atoms with Crippen LogP contribution in [0.4, 0.5) is 0 Å². The minimum atomic E-state index is 0.0418. The molecule has 1 N–H and O–H groups in total. The van der Waals surface area contributed by atoms with Gasteiger partial charge in [0.15, 0.2) is 0 Å². The Hall–Kier alpha value is -0.925. The molecule has 0 spiro atoms. The molecule has 0 aliphatic carbocycles. The molecule has 0 rings (SSSR count). The van der Waals surface area contributed by atoms with Crippen LogP contribution >= 0.6 is 0 Å². The number of hydrogen-bond donors (Lipinski definition) is 1. The van der Waals surface area contributed by atoms with Crippen LogP contribution in [0.25, 0.3) is 0 Å². The summed E-state index contributed by atoms with van der Waals surface area (Å²) >= 11 is 0. The van der Waals surface area contributed by atoms with Crippen molar-refractivity contribution in [3.8, 4) is 0 Å². The van der Waals surface area contributed by atoms with Gasteiger partial charge in [-0.1, -0.05) is 0 Å². The molecule has 3 nitrogen and oxygen atoms in total. The average Bonchev–Trinajstić information content (AvgIpc) is 1.97. The fourth-order valence-electron chi connectivity index (χ4n) is 0.590. The second-order valence-corrected chi connectivity index (χ2v) is 2.33. The Morgan fingerprint density at radius 2 is 2.09 bits per heavy atom. The van der Waals surface area contributed by atoms with Crippen molar-refractivity contribution in [1.82, 2.24) is 5.23 Å². The molecular weight excluding hydrogens is 141 g/mol. The van der Waals surface area contributed by atoms with Crippen LogP contribution in [0.15, 0.2) is 0 Å². The van der Waals surface area contributed by atoms with Crippen LogP contribution in [-0.2, 0) is 9.59 Å². The first-order valence-electron chi connectivity index (χ1n) is 3.52. The fourth-order valence-corrected chi connectivity index (χ4v) is 0.590. The SMILES string of the molecule is C=BNCC(=O)CCC(C)=O. The van der Waals surface area contributed by atoms with Gasteiger partial charge in [-0.2, -0.15) is 0 Å². The summed E-state index contributed by atoms with van der Waals surface area (Å²) in [6, 6.07) is 0. The molecule has 0 radical (unpaired) electrons. The van der Waals surface area contributed by atoms with Crippen molar-refractivity contribution in [1.29, 1.82) is 0 Å². The van der Waals surface area contributed by atoms with Crippen molar-refractivity contribution in [2.75, 3.05) is 6.54 Å². The van der Waals surface area contributed by atoms with Crippen molar-refractivity contribution in [3.05, 3.63) is 0 Å². The third-order valence-corrected chi connectivity index (χ3v) is 1.20. The molecule has 0 bridgehead atoms. The van der Waals surface area contributed by atoms with Crippen LogP contribution in [0.3, 0.4) is 0 Å². The second-order valence-electron chi connectivity index (χ2n) is 2.33. The van der Waals surface area contributed by atoms with E-state index in [-0.39, 0.29) is 18.1 Å². The van der Waals surface area contributed by atoms with Crippen LogP contribution in [-0.4, -0.2) is 31.6 Å². The van der Waals surface area contributed by atoms with Crippen molar-refractivity contribution in [2.45, 2.75) is 19.8 Å². The van der Waals surface area contributed by atoms with Crippen LogP contribution < -0.4 is 5.23 Å². The Kier molecular flexibility index (Phi) is 5.34. The summed E-state index contributed by atoms with van der Waals surface area (Å²) in [6.45, 7) is 5.15. The number of Topliss-reactive ketones (excluding diaryl/α,β-unsaturated/α-hetero) is 2. The molecule has 0 aromatic carbocycles. The molecule has 0 aliphatic heterocycles. The summed E-state index contributed by atoms with van der Waals surface area (Å²) in [6.07, 6.45) is 0.674. The second kappa shape index (κ2) is 5.83. The number of hydrogen-bond acceptors (Lipinski definition) is 3. The van der Waals surface area contributed by atoms with E-state index in [0.29, 0.717) is 12.8 Å². The van der Waals surface area contributed by atoms with E-state index in [1.54, 1.807) is 0 Å². The van der Waals surface area contributed by atoms with Gasteiger partial charge in [0.1, 0.15) is 0 Å². The zero-order valence-electron chi connectivity index (χ0n) is 6.72. The third-order valence-electron chi connectivity index (χ3n) is 1.20. The van der Waals surface area contributed by atoms with Gasteiger partial charge in [-0.25, -0.2) is 0 Å². The topological polar surface area (TPSA) is 46.2 Å². The van der Waals surface area contributed by atoms with Crippen LogP contribution in [0.5, 0.6) is 0 Å². The summed E-state index contributed by atoms with van der Waals surface area (Å²) in [5.74, 6) is 0.0945. The maximum atomic E-state index is 10.8. The molecule has 0 saturated carbocycles. The molecule has 0 atom stereocenters. The van der Waals surface area contributed by atoms with Gasteiger partial charge in [0.2, 0.25) is 0 Å². The zero-order valence-corrected chi connectivity index (χ0v) is 6.72. The Labute approximate surface area is 67.1 Å². The van der Waals surface area contributed by atoms with E-state index in [2.05, 4.69) is 11.7 Å². The summed E-state index contributed by atoms with van der Waals surface area (Å²) in [5, 5.41) is 2.67. The van der Waals surface area contributed by atoms with Crippen molar-refractivity contribution < 1.29 is 9.59 Å². The quantitative estimate of drug-likeness (QED) is 0.526. The average molecular weight is 153 g/mol. The number of nitrogens with one attached hydrogen (secondary N) is 1. The Morgan fingerprint density at radius 3 is 2.55 bits per heavy atom. The van der Waals surface area contributed by atoms with E-state index in [1.165, 1.54) is 14.0 Å². The molecule has 4 heteroatoms. The first kappa shape index (κ1) is 10.1. The summed E-state index contributed by atoms with van der Waals surface area (Å²) < 4.78 is 0. The Bertz CT molecular complexity index is 168. The number of ketones is 2. The zero-order chi connectivity index (χ0) is 8.69. The normalized spacial score (nSPS) is 8.45. The molecule has 0 unspecified atom stereocenters. The molecule has 0 heterocycles. The van der Waals surface area contributed by atoms with Crippen LogP contribution in [0.1, 0.15) is 19.8 Å². The van der Waals surface area contributed by atoms with E-state index in [1.807, 2.05) is 0 Å². The number of carbonyl (C=O) groups excluding carboxylic acids is 2. The van der Waals surface area contributed by atoms with Crippen molar-refractivity contribution in [3.63, 3.8) is 0 Å². The van der Waals surface area contributed by atoms with Gasteiger partial charge in [0.05, 0.1) is 0 Å². The monoisotopic (exact) mass is 153 g/mol. The number of carbonyl (C=O) groups is 2. The van der Waals surface area contributed by atoms with Gasteiger partial charge in [0.25, 0.3) is 0 Å². The standard InChI is InChI=1S/C7H12BNO2/c1-6(10)3-4-7(11)5-9-8-2/h9H,2-5H2,1H3. The van der Waals surface area contributed by atoms with Gasteiger partial charge in [-0.05, 0) is 0 Å². The summed E-state index contributed by atoms with van der Waals surface area (Å²) in [5.41, 5.74) is 0. The minimum absolute atomic E-state index is 0.0418. The van der Waals surface area contributed by atoms with E-state index in [0.717, 1.165) is 0 Å². The molecule has 0 saturated heterocycles. The summed E-state index contributed by atoms with van der Waals surface area (Å²) in [7, 11) is 1.46. The molecule has 0 aromatic heterocycles.